The zero-order valence-corrected chi connectivity index (χ0v) is 13.5. The van der Waals surface area contributed by atoms with Gasteiger partial charge in [-0.15, -0.1) is 0 Å². The summed E-state index contributed by atoms with van der Waals surface area (Å²) in [6, 6.07) is 5.08. The molecule has 3 nitrogen and oxygen atoms in total. The van der Waals surface area contributed by atoms with Gasteiger partial charge in [0.2, 0.25) is 0 Å². The molecule has 0 atom stereocenters. The maximum Gasteiger partial charge on any atom is 0.137 e. The SMILES string of the molecule is CC(C)(C)NCc1nccn1Cc1cccc(F)c1Br. The maximum atomic E-state index is 13.5. The second-order valence-corrected chi connectivity index (χ2v) is 6.58. The first-order valence-electron chi connectivity index (χ1n) is 6.55. The summed E-state index contributed by atoms with van der Waals surface area (Å²) < 4.78 is 16.1. The summed E-state index contributed by atoms with van der Waals surface area (Å²) in [7, 11) is 0. The van der Waals surface area contributed by atoms with Crippen LogP contribution >= 0.6 is 15.9 Å². The van der Waals surface area contributed by atoms with Crippen molar-refractivity contribution in [1.82, 2.24) is 14.9 Å². The van der Waals surface area contributed by atoms with E-state index in [0.29, 0.717) is 17.6 Å². The Bertz CT molecular complexity index is 587. The van der Waals surface area contributed by atoms with E-state index in [9.17, 15) is 4.39 Å². The standard InChI is InChI=1S/C15H19BrFN3/c1-15(2,3)19-9-13-18-7-8-20(13)10-11-5-4-6-12(17)14(11)16/h4-8,19H,9-10H2,1-3H3. The van der Waals surface area contributed by atoms with Crippen molar-refractivity contribution >= 4 is 15.9 Å². The Kier molecular flexibility index (Phi) is 4.60. The van der Waals surface area contributed by atoms with Crippen molar-refractivity contribution < 1.29 is 4.39 Å². The van der Waals surface area contributed by atoms with E-state index in [2.05, 4.69) is 47.0 Å². The van der Waals surface area contributed by atoms with E-state index >= 15 is 0 Å². The van der Waals surface area contributed by atoms with Crippen LogP contribution in [0.5, 0.6) is 0 Å². The smallest absolute Gasteiger partial charge is 0.137 e. The highest BCUT2D eigenvalue weighted by Crippen LogP contribution is 2.21. The Morgan fingerprint density at radius 2 is 2.10 bits per heavy atom. The van der Waals surface area contributed by atoms with Crippen molar-refractivity contribution in [3.8, 4) is 0 Å². The van der Waals surface area contributed by atoms with Crippen molar-refractivity contribution in [3.05, 3.63) is 52.3 Å². The van der Waals surface area contributed by atoms with Gasteiger partial charge in [-0.05, 0) is 48.3 Å². The van der Waals surface area contributed by atoms with Crippen LogP contribution in [-0.2, 0) is 13.1 Å². The lowest BCUT2D eigenvalue weighted by atomic mass is 10.1. The molecule has 2 rings (SSSR count). The van der Waals surface area contributed by atoms with Crippen LogP contribution < -0.4 is 5.32 Å². The summed E-state index contributed by atoms with van der Waals surface area (Å²) in [5.74, 6) is 0.702. The number of hydrogen-bond acceptors (Lipinski definition) is 2. The molecule has 0 radical (unpaired) electrons. The minimum Gasteiger partial charge on any atom is -0.329 e. The fourth-order valence-corrected chi connectivity index (χ4v) is 2.24. The van der Waals surface area contributed by atoms with Crippen molar-refractivity contribution in [3.63, 3.8) is 0 Å². The second kappa shape index (κ2) is 6.06. The number of rotatable bonds is 4. The van der Waals surface area contributed by atoms with Crippen molar-refractivity contribution in [2.24, 2.45) is 0 Å². The fraction of sp³-hybridized carbons (Fsp3) is 0.400. The summed E-state index contributed by atoms with van der Waals surface area (Å²) >= 11 is 3.30. The predicted molar refractivity (Wildman–Crippen MR) is 82.0 cm³/mol. The highest BCUT2D eigenvalue weighted by Gasteiger charge is 2.12. The number of imidazole rings is 1. The number of benzene rings is 1. The van der Waals surface area contributed by atoms with Gasteiger partial charge in [0.1, 0.15) is 11.6 Å². The fourth-order valence-electron chi connectivity index (χ4n) is 1.85. The predicted octanol–water partition coefficient (Wildman–Crippen LogP) is 3.72. The first-order valence-corrected chi connectivity index (χ1v) is 7.34. The third kappa shape index (κ3) is 3.90. The average molecular weight is 340 g/mol. The van der Waals surface area contributed by atoms with Gasteiger partial charge in [0.05, 0.1) is 17.6 Å². The number of aromatic nitrogens is 2. The van der Waals surface area contributed by atoms with Gasteiger partial charge in [0.25, 0.3) is 0 Å². The monoisotopic (exact) mass is 339 g/mol. The van der Waals surface area contributed by atoms with E-state index in [1.54, 1.807) is 12.3 Å². The molecular formula is C15H19BrFN3. The first-order chi connectivity index (χ1) is 9.37. The van der Waals surface area contributed by atoms with Crippen molar-refractivity contribution in [2.75, 3.05) is 0 Å². The molecule has 1 aromatic heterocycles. The molecule has 0 fully saturated rings. The second-order valence-electron chi connectivity index (χ2n) is 5.79. The molecule has 108 valence electrons. The van der Waals surface area contributed by atoms with Crippen LogP contribution in [0.1, 0.15) is 32.2 Å². The first kappa shape index (κ1) is 15.2. The summed E-state index contributed by atoms with van der Waals surface area (Å²) in [6.45, 7) is 7.62. The van der Waals surface area contributed by atoms with Crippen LogP contribution in [0.3, 0.4) is 0 Å². The van der Waals surface area contributed by atoms with Gasteiger partial charge >= 0.3 is 0 Å². The van der Waals surface area contributed by atoms with Gasteiger partial charge in [-0.1, -0.05) is 12.1 Å². The highest BCUT2D eigenvalue weighted by atomic mass is 79.9. The highest BCUT2D eigenvalue weighted by molar-refractivity contribution is 9.10. The normalized spacial score (nSPS) is 11.8. The molecule has 1 N–H and O–H groups in total. The summed E-state index contributed by atoms with van der Waals surface area (Å²) in [5.41, 5.74) is 0.941. The molecule has 5 heteroatoms. The van der Waals surface area contributed by atoms with E-state index < -0.39 is 0 Å². The quantitative estimate of drug-likeness (QED) is 0.919. The van der Waals surface area contributed by atoms with Gasteiger partial charge in [0.15, 0.2) is 0 Å². The van der Waals surface area contributed by atoms with Crippen molar-refractivity contribution in [2.45, 2.75) is 39.4 Å². The Morgan fingerprint density at radius 1 is 1.35 bits per heavy atom. The van der Waals surface area contributed by atoms with Crippen LogP contribution in [0.15, 0.2) is 35.1 Å². The number of nitrogens with zero attached hydrogens (tertiary/aromatic N) is 2. The van der Waals surface area contributed by atoms with E-state index in [0.717, 1.165) is 11.4 Å². The molecule has 0 bridgehead atoms. The molecule has 2 aromatic rings. The van der Waals surface area contributed by atoms with E-state index in [1.807, 2.05) is 16.8 Å². The lowest BCUT2D eigenvalue weighted by Gasteiger charge is -2.20. The van der Waals surface area contributed by atoms with Crippen LogP contribution in [0, 0.1) is 5.82 Å². The van der Waals surface area contributed by atoms with Crippen LogP contribution in [0.25, 0.3) is 0 Å². The lowest BCUT2D eigenvalue weighted by molar-refractivity contribution is 0.413. The van der Waals surface area contributed by atoms with E-state index in [-0.39, 0.29) is 11.4 Å². The molecule has 0 aliphatic carbocycles. The molecule has 0 saturated carbocycles. The Morgan fingerprint density at radius 3 is 2.80 bits per heavy atom. The summed E-state index contributed by atoms with van der Waals surface area (Å²) in [5, 5.41) is 3.41. The molecule has 0 amide bonds. The molecule has 0 saturated heterocycles. The van der Waals surface area contributed by atoms with E-state index in [4.69, 9.17) is 0 Å². The molecule has 0 spiro atoms. The minimum absolute atomic E-state index is 0.0379. The molecule has 0 aliphatic heterocycles. The number of nitrogens with one attached hydrogen (secondary N) is 1. The van der Waals surface area contributed by atoms with Crippen molar-refractivity contribution in [1.29, 1.82) is 0 Å². The third-order valence-corrected chi connectivity index (χ3v) is 3.84. The van der Waals surface area contributed by atoms with Crippen LogP contribution in [-0.4, -0.2) is 15.1 Å². The lowest BCUT2D eigenvalue weighted by Crippen LogP contribution is -2.36. The largest absolute Gasteiger partial charge is 0.329 e. The minimum atomic E-state index is -0.239. The Labute approximate surface area is 127 Å². The topological polar surface area (TPSA) is 29.9 Å². The molecule has 0 unspecified atom stereocenters. The average Bonchev–Trinajstić information content (AvgIpc) is 2.79. The Balaban J connectivity index is 2.14. The number of halogens is 2. The van der Waals surface area contributed by atoms with Crippen LogP contribution in [0.2, 0.25) is 0 Å². The molecular weight excluding hydrogens is 321 g/mol. The third-order valence-electron chi connectivity index (χ3n) is 2.95. The van der Waals surface area contributed by atoms with Gasteiger partial charge in [-0.2, -0.15) is 0 Å². The Hall–Kier alpha value is -1.20. The molecule has 0 aliphatic rings. The van der Waals surface area contributed by atoms with E-state index in [1.165, 1.54) is 6.07 Å². The zero-order chi connectivity index (χ0) is 14.8. The number of hydrogen-bond donors (Lipinski definition) is 1. The molecule has 1 heterocycles. The van der Waals surface area contributed by atoms with Crippen LogP contribution in [0.4, 0.5) is 4.39 Å². The zero-order valence-electron chi connectivity index (χ0n) is 12.0. The summed E-state index contributed by atoms with van der Waals surface area (Å²) in [4.78, 5) is 4.36. The van der Waals surface area contributed by atoms with Gasteiger partial charge in [-0.25, -0.2) is 9.37 Å². The molecule has 20 heavy (non-hydrogen) atoms. The maximum absolute atomic E-state index is 13.5. The summed E-state index contributed by atoms with van der Waals surface area (Å²) in [6.07, 6.45) is 3.68. The van der Waals surface area contributed by atoms with Gasteiger partial charge in [-0.3, -0.25) is 0 Å². The molecule has 1 aromatic carbocycles. The van der Waals surface area contributed by atoms with Gasteiger partial charge < -0.3 is 9.88 Å². The van der Waals surface area contributed by atoms with Gasteiger partial charge in [0, 0.05) is 17.9 Å².